The number of fused-ring (bicyclic) bond motifs is 1. The number of imidazole rings is 1. The molecule has 2 aromatic heterocycles. The summed E-state index contributed by atoms with van der Waals surface area (Å²) < 4.78 is 17.7. The summed E-state index contributed by atoms with van der Waals surface area (Å²) in [5.74, 6) is 0.0663. The Hall–Kier alpha value is -1.89. The summed E-state index contributed by atoms with van der Waals surface area (Å²) in [5, 5.41) is 4.15. The minimum absolute atomic E-state index is 0.335. The fraction of sp³-hybridized carbons (Fsp3) is 0.231. The normalized spacial score (nSPS) is 11.3. The number of nitrogen functional groups attached to an aromatic ring is 1. The second-order valence-corrected chi connectivity index (χ2v) is 5.35. The lowest BCUT2D eigenvalue weighted by atomic mass is 10.3. The van der Waals surface area contributed by atoms with Gasteiger partial charge in [-0.2, -0.15) is 5.10 Å². The SMILES string of the molecule is Nc1nc2cc(F)c(Br)cc2n1CCCn1cccn1. The number of hydrogen-bond donors (Lipinski definition) is 1. The molecule has 0 fully saturated rings. The predicted molar refractivity (Wildman–Crippen MR) is 78.6 cm³/mol. The second-order valence-electron chi connectivity index (χ2n) is 4.50. The van der Waals surface area contributed by atoms with Crippen molar-refractivity contribution in [3.63, 3.8) is 0 Å². The number of nitrogens with zero attached hydrogens (tertiary/aromatic N) is 4. The Balaban J connectivity index is 1.83. The number of nitrogens with two attached hydrogens (primary N) is 1. The number of rotatable bonds is 4. The topological polar surface area (TPSA) is 61.7 Å². The van der Waals surface area contributed by atoms with Crippen molar-refractivity contribution in [1.82, 2.24) is 19.3 Å². The number of aromatic nitrogens is 4. The maximum Gasteiger partial charge on any atom is 0.201 e. The highest BCUT2D eigenvalue weighted by molar-refractivity contribution is 9.10. The van der Waals surface area contributed by atoms with Gasteiger partial charge in [0.15, 0.2) is 0 Å². The standard InChI is InChI=1S/C13H13BrFN5/c14-9-7-12-11(8-10(9)15)18-13(16)20(12)6-2-5-19-4-1-3-17-19/h1,3-4,7-8H,2,5-6H2,(H2,16,18). The molecule has 1 aromatic carbocycles. The molecular weight excluding hydrogens is 325 g/mol. The molecule has 7 heteroatoms. The van der Waals surface area contributed by atoms with Gasteiger partial charge in [0.25, 0.3) is 0 Å². The van der Waals surface area contributed by atoms with E-state index in [9.17, 15) is 4.39 Å². The van der Waals surface area contributed by atoms with Gasteiger partial charge in [0.05, 0.1) is 15.5 Å². The Bertz CT molecular complexity index is 735. The van der Waals surface area contributed by atoms with Crippen LogP contribution in [-0.4, -0.2) is 19.3 Å². The highest BCUT2D eigenvalue weighted by Gasteiger charge is 2.11. The Kier molecular flexibility index (Phi) is 3.43. The van der Waals surface area contributed by atoms with Gasteiger partial charge >= 0.3 is 0 Å². The van der Waals surface area contributed by atoms with Gasteiger partial charge in [-0.3, -0.25) is 4.68 Å². The van der Waals surface area contributed by atoms with Gasteiger partial charge in [0, 0.05) is 31.5 Å². The molecule has 0 spiro atoms. The molecule has 0 aliphatic carbocycles. The third-order valence-electron chi connectivity index (χ3n) is 3.15. The van der Waals surface area contributed by atoms with Crippen molar-refractivity contribution in [3.8, 4) is 0 Å². The molecule has 0 unspecified atom stereocenters. The van der Waals surface area contributed by atoms with Crippen LogP contribution in [0.2, 0.25) is 0 Å². The Morgan fingerprint density at radius 2 is 2.15 bits per heavy atom. The average molecular weight is 338 g/mol. The number of halogens is 2. The summed E-state index contributed by atoms with van der Waals surface area (Å²) in [6, 6.07) is 4.99. The van der Waals surface area contributed by atoms with E-state index in [1.54, 1.807) is 12.3 Å². The maximum absolute atomic E-state index is 13.5. The van der Waals surface area contributed by atoms with Crippen molar-refractivity contribution in [3.05, 3.63) is 40.9 Å². The van der Waals surface area contributed by atoms with E-state index in [4.69, 9.17) is 5.73 Å². The number of anilines is 1. The van der Waals surface area contributed by atoms with E-state index in [1.165, 1.54) is 6.07 Å². The molecule has 5 nitrogen and oxygen atoms in total. The highest BCUT2D eigenvalue weighted by Crippen LogP contribution is 2.25. The first-order chi connectivity index (χ1) is 9.65. The molecule has 0 amide bonds. The van der Waals surface area contributed by atoms with Crippen molar-refractivity contribution >= 4 is 32.9 Å². The minimum Gasteiger partial charge on any atom is -0.369 e. The van der Waals surface area contributed by atoms with E-state index in [1.807, 2.05) is 21.5 Å². The van der Waals surface area contributed by atoms with Crippen LogP contribution in [0.3, 0.4) is 0 Å². The summed E-state index contributed by atoms with van der Waals surface area (Å²) in [5.41, 5.74) is 7.31. The van der Waals surface area contributed by atoms with E-state index in [0.29, 0.717) is 22.5 Å². The quantitative estimate of drug-likeness (QED) is 0.796. The molecule has 2 heterocycles. The fourth-order valence-corrected chi connectivity index (χ4v) is 2.53. The van der Waals surface area contributed by atoms with E-state index in [0.717, 1.165) is 18.5 Å². The van der Waals surface area contributed by atoms with Crippen LogP contribution in [0.4, 0.5) is 10.3 Å². The maximum atomic E-state index is 13.5. The van der Waals surface area contributed by atoms with E-state index < -0.39 is 0 Å². The summed E-state index contributed by atoms with van der Waals surface area (Å²) in [7, 11) is 0. The first-order valence-corrected chi connectivity index (χ1v) is 7.02. The third kappa shape index (κ3) is 2.40. The van der Waals surface area contributed by atoms with Crippen LogP contribution in [0.15, 0.2) is 35.1 Å². The number of aryl methyl sites for hydroxylation is 2. The zero-order valence-electron chi connectivity index (χ0n) is 10.6. The molecule has 0 saturated heterocycles. The van der Waals surface area contributed by atoms with Crippen molar-refractivity contribution in [2.24, 2.45) is 0 Å². The van der Waals surface area contributed by atoms with Crippen LogP contribution < -0.4 is 5.73 Å². The lowest BCUT2D eigenvalue weighted by Crippen LogP contribution is -2.07. The number of benzene rings is 1. The molecule has 0 aliphatic heterocycles. The molecule has 20 heavy (non-hydrogen) atoms. The van der Waals surface area contributed by atoms with Gasteiger partial charge in [-0.25, -0.2) is 9.37 Å². The Morgan fingerprint density at radius 1 is 1.30 bits per heavy atom. The van der Waals surface area contributed by atoms with Gasteiger partial charge in [0.2, 0.25) is 5.95 Å². The molecular formula is C13H13BrFN5. The summed E-state index contributed by atoms with van der Waals surface area (Å²) in [4.78, 5) is 4.19. The van der Waals surface area contributed by atoms with E-state index in [-0.39, 0.29) is 5.82 Å². The van der Waals surface area contributed by atoms with Crippen molar-refractivity contribution < 1.29 is 4.39 Å². The van der Waals surface area contributed by atoms with Crippen LogP contribution >= 0.6 is 15.9 Å². The average Bonchev–Trinajstić information content (AvgIpc) is 3.01. The molecule has 104 valence electrons. The third-order valence-corrected chi connectivity index (χ3v) is 3.76. The molecule has 0 radical (unpaired) electrons. The summed E-state index contributed by atoms with van der Waals surface area (Å²) >= 11 is 3.19. The largest absolute Gasteiger partial charge is 0.369 e. The second kappa shape index (κ2) is 5.24. The lowest BCUT2D eigenvalue weighted by molar-refractivity contribution is 0.535. The van der Waals surface area contributed by atoms with Crippen molar-refractivity contribution in [2.45, 2.75) is 19.5 Å². The smallest absolute Gasteiger partial charge is 0.201 e. The zero-order valence-corrected chi connectivity index (χ0v) is 12.2. The van der Waals surface area contributed by atoms with Gasteiger partial charge in [-0.1, -0.05) is 0 Å². The minimum atomic E-state index is -0.335. The van der Waals surface area contributed by atoms with Gasteiger partial charge in [-0.15, -0.1) is 0 Å². The lowest BCUT2D eigenvalue weighted by Gasteiger charge is -2.07. The molecule has 3 aromatic rings. The van der Waals surface area contributed by atoms with Crippen LogP contribution in [0, 0.1) is 5.82 Å². The summed E-state index contributed by atoms with van der Waals surface area (Å²) in [6.45, 7) is 1.51. The van der Waals surface area contributed by atoms with Crippen molar-refractivity contribution in [1.29, 1.82) is 0 Å². The van der Waals surface area contributed by atoms with Gasteiger partial charge < -0.3 is 10.3 Å². The van der Waals surface area contributed by atoms with E-state index in [2.05, 4.69) is 26.0 Å². The molecule has 0 atom stereocenters. The molecule has 2 N–H and O–H groups in total. The van der Waals surface area contributed by atoms with Crippen LogP contribution in [-0.2, 0) is 13.1 Å². The molecule has 0 bridgehead atoms. The summed E-state index contributed by atoms with van der Waals surface area (Å²) in [6.07, 6.45) is 4.54. The molecule has 0 aliphatic rings. The van der Waals surface area contributed by atoms with Crippen LogP contribution in [0.25, 0.3) is 11.0 Å². The first-order valence-electron chi connectivity index (χ1n) is 6.23. The van der Waals surface area contributed by atoms with Crippen LogP contribution in [0.1, 0.15) is 6.42 Å². The predicted octanol–water partition coefficient (Wildman–Crippen LogP) is 2.81. The molecule has 3 rings (SSSR count). The highest BCUT2D eigenvalue weighted by atomic mass is 79.9. The fourth-order valence-electron chi connectivity index (χ4n) is 2.20. The zero-order chi connectivity index (χ0) is 14.1. The number of hydrogen-bond acceptors (Lipinski definition) is 3. The Labute approximate surface area is 123 Å². The van der Waals surface area contributed by atoms with Gasteiger partial charge in [-0.05, 0) is 34.5 Å². The molecule has 0 saturated carbocycles. The first kappa shape index (κ1) is 13.1. The monoisotopic (exact) mass is 337 g/mol. The van der Waals surface area contributed by atoms with Gasteiger partial charge in [0.1, 0.15) is 5.82 Å². The van der Waals surface area contributed by atoms with Crippen molar-refractivity contribution in [2.75, 3.05) is 5.73 Å². The van der Waals surface area contributed by atoms with Crippen LogP contribution in [0.5, 0.6) is 0 Å². The Morgan fingerprint density at radius 3 is 2.90 bits per heavy atom. The van der Waals surface area contributed by atoms with E-state index >= 15 is 0 Å².